The van der Waals surface area contributed by atoms with Crippen LogP contribution in [0.3, 0.4) is 0 Å². The molecule has 0 aromatic carbocycles. The average Bonchev–Trinajstić information content (AvgIpc) is 2.35. The van der Waals surface area contributed by atoms with Gasteiger partial charge in [0.25, 0.3) is 0 Å². The second-order valence-electron chi connectivity index (χ2n) is 4.62. The molecule has 1 amide bonds. The van der Waals surface area contributed by atoms with Crippen molar-refractivity contribution in [3.63, 3.8) is 0 Å². The molecule has 1 heterocycles. The molecule has 0 aromatic rings. The lowest BCUT2D eigenvalue weighted by molar-refractivity contribution is -0.263. The van der Waals surface area contributed by atoms with Crippen LogP contribution in [0.2, 0.25) is 0 Å². The van der Waals surface area contributed by atoms with Crippen molar-refractivity contribution < 1.29 is 38.8 Å². The Kier molecular flexibility index (Phi) is 6.06. The van der Waals surface area contributed by atoms with E-state index in [0.717, 1.165) is 13.8 Å². The first-order valence-corrected chi connectivity index (χ1v) is 6.32. The zero-order valence-electron chi connectivity index (χ0n) is 11.9. The molecule has 120 valence electrons. The zero-order valence-corrected chi connectivity index (χ0v) is 11.9. The Bertz CT molecular complexity index is 412. The monoisotopic (exact) mass is 305 g/mol. The molecule has 1 aliphatic rings. The molecule has 0 aliphatic carbocycles. The number of esters is 2. The van der Waals surface area contributed by atoms with Gasteiger partial charge >= 0.3 is 11.9 Å². The Balaban J connectivity index is 3.08. The molecule has 21 heavy (non-hydrogen) atoms. The van der Waals surface area contributed by atoms with Crippen LogP contribution in [0.4, 0.5) is 0 Å². The van der Waals surface area contributed by atoms with E-state index in [-0.39, 0.29) is 0 Å². The first-order valence-electron chi connectivity index (χ1n) is 6.32. The van der Waals surface area contributed by atoms with Gasteiger partial charge in [0.2, 0.25) is 5.91 Å². The summed E-state index contributed by atoms with van der Waals surface area (Å²) in [7, 11) is 0. The molecule has 0 spiro atoms. The minimum Gasteiger partial charge on any atom is -0.456 e. The summed E-state index contributed by atoms with van der Waals surface area (Å²) in [5.74, 6) is -1.88. The van der Waals surface area contributed by atoms with Crippen LogP contribution in [0, 0.1) is 0 Å². The first-order chi connectivity index (χ1) is 9.76. The summed E-state index contributed by atoms with van der Waals surface area (Å²) in [6.45, 7) is 2.90. The predicted octanol–water partition coefficient (Wildman–Crippen LogP) is -1.94. The lowest BCUT2D eigenvalue weighted by Crippen LogP contribution is -2.65. The summed E-state index contributed by atoms with van der Waals surface area (Å²) >= 11 is 0. The molecule has 0 bridgehead atoms. The number of carbonyl (C=O) groups excluding carboxylic acids is 3. The Morgan fingerprint density at radius 2 is 1.62 bits per heavy atom. The number of aliphatic hydroxyl groups is 2. The van der Waals surface area contributed by atoms with Crippen molar-refractivity contribution in [2.75, 3.05) is 6.61 Å². The number of rotatable bonds is 4. The van der Waals surface area contributed by atoms with Crippen LogP contribution in [-0.4, -0.2) is 65.3 Å². The minimum absolute atomic E-state index is 0.496. The lowest BCUT2D eigenvalue weighted by atomic mass is 9.96. The second-order valence-corrected chi connectivity index (χ2v) is 4.62. The van der Waals surface area contributed by atoms with Gasteiger partial charge in [0.05, 0.1) is 6.61 Å². The van der Waals surface area contributed by atoms with E-state index in [2.05, 4.69) is 5.32 Å². The first kappa shape index (κ1) is 17.3. The van der Waals surface area contributed by atoms with Crippen molar-refractivity contribution in [3.05, 3.63) is 0 Å². The second kappa shape index (κ2) is 7.34. The topological polar surface area (TPSA) is 131 Å². The smallest absolute Gasteiger partial charge is 0.303 e. The maximum absolute atomic E-state index is 11.2. The standard InChI is InChI=1S/C12H19NO8/c1-5(15)13-9-11(20-7(3)17)10(19-6(2)16)8(4-14)21-12(9)18/h8-12,14,18H,4H2,1-3H3,(H,13,15)/t8-,9-,10-,11-,12?/m1/s1. The highest BCUT2D eigenvalue weighted by molar-refractivity contribution is 5.73. The average molecular weight is 305 g/mol. The third-order valence-electron chi connectivity index (χ3n) is 2.82. The van der Waals surface area contributed by atoms with Gasteiger partial charge < -0.3 is 29.7 Å². The molecule has 5 atom stereocenters. The predicted molar refractivity (Wildman–Crippen MR) is 66.7 cm³/mol. The third kappa shape index (κ3) is 4.66. The summed E-state index contributed by atoms with van der Waals surface area (Å²) in [5, 5.41) is 21.5. The van der Waals surface area contributed by atoms with Gasteiger partial charge in [-0.15, -0.1) is 0 Å². The van der Waals surface area contributed by atoms with E-state index in [0.29, 0.717) is 0 Å². The number of carbonyl (C=O) groups is 3. The fraction of sp³-hybridized carbons (Fsp3) is 0.750. The Morgan fingerprint density at radius 3 is 2.05 bits per heavy atom. The normalized spacial score (nSPS) is 32.1. The molecule has 0 saturated carbocycles. The van der Waals surface area contributed by atoms with E-state index < -0.39 is 55.1 Å². The van der Waals surface area contributed by atoms with E-state index >= 15 is 0 Å². The summed E-state index contributed by atoms with van der Waals surface area (Å²) in [4.78, 5) is 33.6. The molecule has 9 heteroatoms. The van der Waals surface area contributed by atoms with Crippen molar-refractivity contribution in [1.29, 1.82) is 0 Å². The zero-order chi connectivity index (χ0) is 16.2. The maximum Gasteiger partial charge on any atom is 0.303 e. The van der Waals surface area contributed by atoms with Crippen molar-refractivity contribution in [1.82, 2.24) is 5.32 Å². The number of hydrogen-bond donors (Lipinski definition) is 3. The molecular formula is C12H19NO8. The van der Waals surface area contributed by atoms with Crippen LogP contribution in [0.1, 0.15) is 20.8 Å². The van der Waals surface area contributed by atoms with Gasteiger partial charge in [0.15, 0.2) is 18.5 Å². The summed E-state index contributed by atoms with van der Waals surface area (Å²) in [6.07, 6.45) is -4.95. The number of hydrogen-bond acceptors (Lipinski definition) is 8. The fourth-order valence-corrected chi connectivity index (χ4v) is 2.12. The number of amides is 1. The Hall–Kier alpha value is -1.71. The molecule has 0 radical (unpaired) electrons. The van der Waals surface area contributed by atoms with Crippen molar-refractivity contribution in [2.24, 2.45) is 0 Å². The van der Waals surface area contributed by atoms with Crippen molar-refractivity contribution in [2.45, 2.75) is 51.4 Å². The van der Waals surface area contributed by atoms with Crippen LogP contribution in [0.25, 0.3) is 0 Å². The van der Waals surface area contributed by atoms with E-state index in [4.69, 9.17) is 14.2 Å². The lowest BCUT2D eigenvalue weighted by Gasteiger charge is -2.43. The van der Waals surface area contributed by atoms with Crippen LogP contribution < -0.4 is 5.32 Å². The van der Waals surface area contributed by atoms with E-state index in [9.17, 15) is 24.6 Å². The third-order valence-corrected chi connectivity index (χ3v) is 2.82. The number of ether oxygens (including phenoxy) is 3. The van der Waals surface area contributed by atoms with Crippen molar-refractivity contribution >= 4 is 17.8 Å². The SMILES string of the molecule is CC(=O)N[C@H]1C(O)O[C@H](CO)[C@@H](OC(C)=O)[C@@H]1OC(C)=O. The maximum atomic E-state index is 11.2. The molecule has 1 unspecified atom stereocenters. The van der Waals surface area contributed by atoms with Gasteiger partial charge in [-0.2, -0.15) is 0 Å². The van der Waals surface area contributed by atoms with Gasteiger partial charge in [-0.05, 0) is 0 Å². The van der Waals surface area contributed by atoms with E-state index in [1.165, 1.54) is 6.92 Å². The van der Waals surface area contributed by atoms with Crippen molar-refractivity contribution in [3.8, 4) is 0 Å². The Morgan fingerprint density at radius 1 is 1.10 bits per heavy atom. The summed E-state index contributed by atoms with van der Waals surface area (Å²) in [6, 6.07) is -1.13. The van der Waals surface area contributed by atoms with E-state index in [1.54, 1.807) is 0 Å². The van der Waals surface area contributed by atoms with E-state index in [1.807, 2.05) is 0 Å². The molecule has 1 rings (SSSR count). The van der Waals surface area contributed by atoms with Crippen LogP contribution in [-0.2, 0) is 28.6 Å². The van der Waals surface area contributed by atoms with Crippen LogP contribution >= 0.6 is 0 Å². The highest BCUT2D eigenvalue weighted by atomic mass is 16.7. The van der Waals surface area contributed by atoms with Gasteiger partial charge in [-0.25, -0.2) is 0 Å². The Labute approximate surface area is 121 Å². The molecule has 1 fully saturated rings. The number of nitrogens with one attached hydrogen (secondary N) is 1. The highest BCUT2D eigenvalue weighted by Crippen LogP contribution is 2.25. The molecule has 1 aliphatic heterocycles. The largest absolute Gasteiger partial charge is 0.456 e. The van der Waals surface area contributed by atoms with Crippen LogP contribution in [0.5, 0.6) is 0 Å². The van der Waals surface area contributed by atoms with Gasteiger partial charge in [-0.3, -0.25) is 14.4 Å². The molecule has 9 nitrogen and oxygen atoms in total. The summed E-state index contributed by atoms with van der Waals surface area (Å²) < 4.78 is 15.1. The molecule has 3 N–H and O–H groups in total. The molecular weight excluding hydrogens is 286 g/mol. The molecule has 0 aromatic heterocycles. The fourth-order valence-electron chi connectivity index (χ4n) is 2.12. The van der Waals surface area contributed by atoms with Gasteiger partial charge in [0.1, 0.15) is 12.1 Å². The highest BCUT2D eigenvalue weighted by Gasteiger charge is 2.49. The quantitative estimate of drug-likeness (QED) is 0.511. The van der Waals surface area contributed by atoms with Crippen LogP contribution in [0.15, 0.2) is 0 Å². The molecule has 1 saturated heterocycles. The summed E-state index contributed by atoms with van der Waals surface area (Å²) in [5.41, 5.74) is 0. The minimum atomic E-state index is -1.53. The number of aliphatic hydroxyl groups excluding tert-OH is 2. The van der Waals surface area contributed by atoms with Gasteiger partial charge in [0, 0.05) is 20.8 Å². The van der Waals surface area contributed by atoms with Gasteiger partial charge in [-0.1, -0.05) is 0 Å².